The number of nitrogens with one attached hydrogen (secondary N) is 1. The summed E-state index contributed by atoms with van der Waals surface area (Å²) in [5.41, 5.74) is 4.52. The fourth-order valence-electron chi connectivity index (χ4n) is 7.49. The number of amidine groups is 1. The Balaban J connectivity index is 1.39. The van der Waals surface area contributed by atoms with Crippen LogP contribution in [-0.2, 0) is 5.54 Å². The molecule has 0 aromatic heterocycles. The molecule has 5 nitrogen and oxygen atoms in total. The van der Waals surface area contributed by atoms with Gasteiger partial charge < -0.3 is 19.7 Å². The van der Waals surface area contributed by atoms with E-state index in [0.717, 1.165) is 56.0 Å². The van der Waals surface area contributed by atoms with E-state index in [9.17, 15) is 0 Å². The van der Waals surface area contributed by atoms with Gasteiger partial charge in [0, 0.05) is 24.3 Å². The Morgan fingerprint density at radius 2 is 1.32 bits per heavy atom. The zero-order valence-corrected chi connectivity index (χ0v) is 31.5. The molecule has 50 heavy (non-hydrogen) atoms. The lowest BCUT2D eigenvalue weighted by Gasteiger charge is -2.34. The summed E-state index contributed by atoms with van der Waals surface area (Å²) in [5, 5.41) is 3.90. The van der Waals surface area contributed by atoms with Crippen molar-refractivity contribution in [2.24, 2.45) is 16.3 Å². The number of aliphatic imine (C=N–C) groups is 1. The van der Waals surface area contributed by atoms with Crippen molar-refractivity contribution in [1.82, 2.24) is 10.2 Å². The summed E-state index contributed by atoms with van der Waals surface area (Å²) in [6.45, 7) is 13.6. The quantitative estimate of drug-likeness (QED) is 0.114. The largest absolute Gasteiger partial charge is 0.494 e. The van der Waals surface area contributed by atoms with E-state index in [-0.39, 0.29) is 17.4 Å². The van der Waals surface area contributed by atoms with Gasteiger partial charge in [0.2, 0.25) is 0 Å². The van der Waals surface area contributed by atoms with E-state index in [4.69, 9.17) is 14.5 Å². The van der Waals surface area contributed by atoms with Gasteiger partial charge in [-0.2, -0.15) is 0 Å². The molecule has 5 rings (SSSR count). The third kappa shape index (κ3) is 9.57. The highest BCUT2D eigenvalue weighted by molar-refractivity contribution is 5.86. The maximum Gasteiger partial charge on any atom is 0.133 e. The Morgan fingerprint density at radius 3 is 1.82 bits per heavy atom. The Bertz CT molecular complexity index is 1580. The molecule has 0 saturated carbocycles. The highest BCUT2D eigenvalue weighted by atomic mass is 16.5. The Morgan fingerprint density at radius 1 is 0.780 bits per heavy atom. The lowest BCUT2D eigenvalue weighted by atomic mass is 9.76. The van der Waals surface area contributed by atoms with Gasteiger partial charge in [-0.3, -0.25) is 4.99 Å². The van der Waals surface area contributed by atoms with Crippen LogP contribution in [0.3, 0.4) is 0 Å². The van der Waals surface area contributed by atoms with Crippen LogP contribution < -0.4 is 14.8 Å². The van der Waals surface area contributed by atoms with Gasteiger partial charge in [-0.1, -0.05) is 132 Å². The molecule has 1 aliphatic heterocycles. The minimum Gasteiger partial charge on any atom is -0.494 e. The molecule has 1 aliphatic rings. The van der Waals surface area contributed by atoms with Crippen molar-refractivity contribution in [3.05, 3.63) is 131 Å². The first-order valence-corrected chi connectivity index (χ1v) is 18.7. The van der Waals surface area contributed by atoms with Crippen molar-refractivity contribution >= 4 is 5.84 Å². The second-order valence-electron chi connectivity index (χ2n) is 15.5. The van der Waals surface area contributed by atoms with Crippen molar-refractivity contribution in [3.63, 3.8) is 0 Å². The molecule has 2 unspecified atom stereocenters. The standard InChI is InChI=1S/C45H59N3O2/c1-8-9-20-42-45(47-43(46-42)31-34(2)3,38-23-27-40(28-24-38)50-33-44(4,5)32-48(6)7)37-21-25-39(26-22-37)49-30-29-41(35-16-12-10-13-17-35)36-18-14-11-15-19-36/h10-19,21-28,34,41-42H,8-9,20,29-33H2,1-7H3,(H,46,47). The number of hydrogen-bond acceptors (Lipinski definition) is 5. The fourth-order valence-corrected chi connectivity index (χ4v) is 7.49. The molecular formula is C45H59N3O2. The van der Waals surface area contributed by atoms with Crippen molar-refractivity contribution < 1.29 is 9.47 Å². The van der Waals surface area contributed by atoms with Gasteiger partial charge in [0.25, 0.3) is 0 Å². The molecule has 5 heteroatoms. The second kappa shape index (κ2) is 17.2. The number of hydrogen-bond donors (Lipinski definition) is 1. The molecule has 0 spiro atoms. The van der Waals surface area contributed by atoms with Crippen molar-refractivity contribution in [1.29, 1.82) is 0 Å². The molecular weight excluding hydrogens is 615 g/mol. The first-order chi connectivity index (χ1) is 24.1. The normalized spacial score (nSPS) is 17.6. The number of nitrogens with zero attached hydrogens (tertiary/aromatic N) is 2. The van der Waals surface area contributed by atoms with Gasteiger partial charge >= 0.3 is 0 Å². The molecule has 0 aliphatic carbocycles. The number of unbranched alkanes of at least 4 members (excludes halogenated alkanes) is 1. The number of benzene rings is 4. The van der Waals surface area contributed by atoms with Crippen LogP contribution in [0.1, 0.15) is 94.9 Å². The van der Waals surface area contributed by atoms with Gasteiger partial charge in [0.1, 0.15) is 17.0 Å². The number of rotatable bonds is 18. The predicted octanol–water partition coefficient (Wildman–Crippen LogP) is 10.1. The summed E-state index contributed by atoms with van der Waals surface area (Å²) in [5.74, 6) is 3.67. The predicted molar refractivity (Wildman–Crippen MR) is 210 cm³/mol. The van der Waals surface area contributed by atoms with E-state index in [1.165, 1.54) is 22.3 Å². The van der Waals surface area contributed by atoms with E-state index in [0.29, 0.717) is 19.1 Å². The van der Waals surface area contributed by atoms with E-state index < -0.39 is 5.54 Å². The van der Waals surface area contributed by atoms with Crippen molar-refractivity contribution in [3.8, 4) is 11.5 Å². The molecule has 1 N–H and O–H groups in total. The monoisotopic (exact) mass is 673 g/mol. The van der Waals surface area contributed by atoms with E-state index in [2.05, 4.69) is 168 Å². The average molecular weight is 674 g/mol. The minimum absolute atomic E-state index is 0.0495. The molecule has 0 saturated heterocycles. The van der Waals surface area contributed by atoms with Crippen molar-refractivity contribution in [2.75, 3.05) is 33.9 Å². The Hall–Kier alpha value is -4.09. The third-order valence-corrected chi connectivity index (χ3v) is 9.65. The zero-order valence-electron chi connectivity index (χ0n) is 31.5. The maximum atomic E-state index is 6.42. The second-order valence-corrected chi connectivity index (χ2v) is 15.5. The van der Waals surface area contributed by atoms with Crippen LogP contribution in [0.5, 0.6) is 11.5 Å². The average Bonchev–Trinajstić information content (AvgIpc) is 3.47. The number of ether oxygens (including phenoxy) is 2. The first kappa shape index (κ1) is 37.2. The van der Waals surface area contributed by atoms with Crippen LogP contribution in [0.15, 0.2) is 114 Å². The van der Waals surface area contributed by atoms with E-state index >= 15 is 0 Å². The van der Waals surface area contributed by atoms with Gasteiger partial charge in [-0.05, 0) is 79.4 Å². The Kier molecular flexibility index (Phi) is 12.8. The molecule has 0 amide bonds. The third-order valence-electron chi connectivity index (χ3n) is 9.65. The molecule has 4 aromatic rings. The summed E-state index contributed by atoms with van der Waals surface area (Å²) >= 11 is 0. The summed E-state index contributed by atoms with van der Waals surface area (Å²) in [6, 6.07) is 39.1. The molecule has 2 atom stereocenters. The fraction of sp³-hybridized carbons (Fsp3) is 0.444. The van der Waals surface area contributed by atoms with Gasteiger partial charge in [0.05, 0.1) is 25.1 Å². The highest BCUT2D eigenvalue weighted by Gasteiger charge is 2.46. The molecule has 0 radical (unpaired) electrons. The van der Waals surface area contributed by atoms with E-state index in [1.54, 1.807) is 0 Å². The summed E-state index contributed by atoms with van der Waals surface area (Å²) in [6.07, 6.45) is 5.14. The first-order valence-electron chi connectivity index (χ1n) is 18.7. The molecule has 1 heterocycles. The lowest BCUT2D eigenvalue weighted by Crippen LogP contribution is -2.43. The topological polar surface area (TPSA) is 46.1 Å². The van der Waals surface area contributed by atoms with Crippen LogP contribution >= 0.6 is 0 Å². The maximum absolute atomic E-state index is 6.42. The summed E-state index contributed by atoms with van der Waals surface area (Å²) in [7, 11) is 4.22. The van der Waals surface area contributed by atoms with Gasteiger partial charge in [0.15, 0.2) is 0 Å². The smallest absolute Gasteiger partial charge is 0.133 e. The van der Waals surface area contributed by atoms with Gasteiger partial charge in [-0.15, -0.1) is 0 Å². The SMILES string of the molecule is CCCCC1NC(CC(C)C)=NC1(c1ccc(OCCC(c2ccccc2)c2ccccc2)cc1)c1ccc(OCC(C)(C)CN(C)C)cc1. The lowest BCUT2D eigenvalue weighted by molar-refractivity contribution is 0.141. The van der Waals surface area contributed by atoms with Crippen molar-refractivity contribution in [2.45, 2.75) is 84.2 Å². The van der Waals surface area contributed by atoms with Gasteiger partial charge in [-0.25, -0.2) is 0 Å². The van der Waals surface area contributed by atoms with Crippen LogP contribution in [0.4, 0.5) is 0 Å². The molecule has 4 aromatic carbocycles. The van der Waals surface area contributed by atoms with E-state index in [1.807, 2.05) is 0 Å². The highest BCUT2D eigenvalue weighted by Crippen LogP contribution is 2.44. The van der Waals surface area contributed by atoms with Crippen LogP contribution in [0, 0.1) is 11.3 Å². The zero-order chi connectivity index (χ0) is 35.6. The van der Waals surface area contributed by atoms with Crippen LogP contribution in [0.2, 0.25) is 0 Å². The minimum atomic E-state index is -0.535. The molecule has 0 bridgehead atoms. The van der Waals surface area contributed by atoms with Crippen LogP contribution in [-0.4, -0.2) is 50.6 Å². The Labute approximate surface area is 302 Å². The van der Waals surface area contributed by atoms with Crippen LogP contribution in [0.25, 0.3) is 0 Å². The molecule has 266 valence electrons. The summed E-state index contributed by atoms with van der Waals surface area (Å²) in [4.78, 5) is 7.80. The molecule has 0 fully saturated rings. The summed E-state index contributed by atoms with van der Waals surface area (Å²) < 4.78 is 12.7.